The zero-order chi connectivity index (χ0) is 15.5. The molecule has 3 nitrogen and oxygen atoms in total. The van der Waals surface area contributed by atoms with Gasteiger partial charge < -0.3 is 0 Å². The second kappa shape index (κ2) is 5.98. The molecule has 0 saturated carbocycles. The highest BCUT2D eigenvalue weighted by molar-refractivity contribution is 5.58. The molecule has 0 radical (unpaired) electrons. The van der Waals surface area contributed by atoms with Gasteiger partial charge >= 0.3 is 0 Å². The third-order valence-electron chi connectivity index (χ3n) is 3.73. The fourth-order valence-electron chi connectivity index (χ4n) is 2.45. The molecule has 0 saturated heterocycles. The lowest BCUT2D eigenvalue weighted by molar-refractivity contribution is 0.702. The van der Waals surface area contributed by atoms with Crippen LogP contribution in [0.5, 0.6) is 0 Å². The van der Waals surface area contributed by atoms with E-state index in [0.717, 1.165) is 22.6 Å². The van der Waals surface area contributed by atoms with Gasteiger partial charge in [0.05, 0.1) is 12.2 Å². The minimum atomic E-state index is -0.0214. The molecule has 0 aliphatic heterocycles. The standard InChI is InChI=1S/C19H18N2O/c1-14-8-10-16(11-9-14)13-21-15(2)20-18(12-19(21)22)17-6-4-3-5-7-17/h3-12H,13H2,1-2H3. The molecule has 22 heavy (non-hydrogen) atoms. The molecule has 1 heterocycles. The van der Waals surface area contributed by atoms with Crippen LogP contribution in [0.25, 0.3) is 11.3 Å². The van der Waals surface area contributed by atoms with Crippen LogP contribution in [-0.4, -0.2) is 9.55 Å². The Bertz CT molecular complexity index is 834. The van der Waals surface area contributed by atoms with Crippen molar-refractivity contribution < 1.29 is 0 Å². The summed E-state index contributed by atoms with van der Waals surface area (Å²) in [5.41, 5.74) is 3.98. The molecule has 1 aromatic heterocycles. The Morgan fingerprint density at radius 3 is 2.27 bits per heavy atom. The van der Waals surface area contributed by atoms with Gasteiger partial charge in [0.25, 0.3) is 5.56 Å². The van der Waals surface area contributed by atoms with E-state index in [1.54, 1.807) is 10.6 Å². The first-order valence-electron chi connectivity index (χ1n) is 7.33. The van der Waals surface area contributed by atoms with Crippen molar-refractivity contribution in [3.05, 3.63) is 88.0 Å². The van der Waals surface area contributed by atoms with E-state index >= 15 is 0 Å². The molecular formula is C19H18N2O. The molecule has 0 atom stereocenters. The van der Waals surface area contributed by atoms with Crippen LogP contribution in [0, 0.1) is 13.8 Å². The molecule has 0 fully saturated rings. The van der Waals surface area contributed by atoms with Crippen LogP contribution in [0.15, 0.2) is 65.5 Å². The topological polar surface area (TPSA) is 34.9 Å². The Hall–Kier alpha value is -2.68. The van der Waals surface area contributed by atoms with Gasteiger partial charge in [-0.05, 0) is 19.4 Å². The van der Waals surface area contributed by atoms with Crippen molar-refractivity contribution in [2.45, 2.75) is 20.4 Å². The maximum Gasteiger partial charge on any atom is 0.254 e. The van der Waals surface area contributed by atoms with Crippen LogP contribution in [-0.2, 0) is 6.54 Å². The zero-order valence-electron chi connectivity index (χ0n) is 12.8. The van der Waals surface area contributed by atoms with Crippen LogP contribution in [0.4, 0.5) is 0 Å². The number of aromatic nitrogens is 2. The molecule has 2 aromatic carbocycles. The van der Waals surface area contributed by atoms with Gasteiger partial charge in [0.1, 0.15) is 5.82 Å². The van der Waals surface area contributed by atoms with E-state index in [9.17, 15) is 4.79 Å². The number of hydrogen-bond donors (Lipinski definition) is 0. The van der Waals surface area contributed by atoms with E-state index in [0.29, 0.717) is 6.54 Å². The van der Waals surface area contributed by atoms with Gasteiger partial charge in [0, 0.05) is 11.6 Å². The SMILES string of the molecule is Cc1ccc(Cn2c(C)nc(-c3ccccc3)cc2=O)cc1. The van der Waals surface area contributed by atoms with E-state index in [-0.39, 0.29) is 5.56 Å². The normalized spacial score (nSPS) is 10.6. The lowest BCUT2D eigenvalue weighted by atomic mass is 10.1. The van der Waals surface area contributed by atoms with E-state index < -0.39 is 0 Å². The number of nitrogens with zero attached hydrogens (tertiary/aromatic N) is 2. The summed E-state index contributed by atoms with van der Waals surface area (Å²) in [7, 11) is 0. The number of benzene rings is 2. The van der Waals surface area contributed by atoms with Crippen molar-refractivity contribution in [1.82, 2.24) is 9.55 Å². The van der Waals surface area contributed by atoms with E-state index in [1.807, 2.05) is 49.4 Å². The molecule has 0 spiro atoms. The molecule has 0 unspecified atom stereocenters. The fraction of sp³-hybridized carbons (Fsp3) is 0.158. The first-order valence-corrected chi connectivity index (χ1v) is 7.33. The van der Waals surface area contributed by atoms with Gasteiger partial charge in [-0.2, -0.15) is 0 Å². The highest BCUT2D eigenvalue weighted by Crippen LogP contribution is 2.15. The van der Waals surface area contributed by atoms with Gasteiger partial charge in [-0.25, -0.2) is 4.98 Å². The largest absolute Gasteiger partial charge is 0.292 e. The molecular weight excluding hydrogens is 272 g/mol. The second-order valence-electron chi connectivity index (χ2n) is 5.46. The molecule has 0 amide bonds. The van der Waals surface area contributed by atoms with E-state index in [2.05, 4.69) is 24.0 Å². The van der Waals surface area contributed by atoms with Gasteiger partial charge in [0.2, 0.25) is 0 Å². The average molecular weight is 290 g/mol. The lowest BCUT2D eigenvalue weighted by Crippen LogP contribution is -2.23. The summed E-state index contributed by atoms with van der Waals surface area (Å²) >= 11 is 0. The van der Waals surface area contributed by atoms with Crippen molar-refractivity contribution in [1.29, 1.82) is 0 Å². The molecule has 110 valence electrons. The Balaban J connectivity index is 1.97. The lowest BCUT2D eigenvalue weighted by Gasteiger charge is -2.11. The Morgan fingerprint density at radius 2 is 1.64 bits per heavy atom. The van der Waals surface area contributed by atoms with Crippen LogP contribution in [0.2, 0.25) is 0 Å². The summed E-state index contributed by atoms with van der Waals surface area (Å²) in [5.74, 6) is 0.729. The van der Waals surface area contributed by atoms with Crippen molar-refractivity contribution in [2.24, 2.45) is 0 Å². The van der Waals surface area contributed by atoms with Gasteiger partial charge in [0.15, 0.2) is 0 Å². The van der Waals surface area contributed by atoms with Crippen LogP contribution in [0.1, 0.15) is 17.0 Å². The van der Waals surface area contributed by atoms with Crippen LogP contribution in [0.3, 0.4) is 0 Å². The number of aryl methyl sites for hydroxylation is 2. The maximum atomic E-state index is 12.4. The fourth-order valence-corrected chi connectivity index (χ4v) is 2.45. The quantitative estimate of drug-likeness (QED) is 0.739. The Kier molecular flexibility index (Phi) is 3.88. The maximum absolute atomic E-state index is 12.4. The molecule has 0 aliphatic carbocycles. The summed E-state index contributed by atoms with van der Waals surface area (Å²) in [5, 5.41) is 0. The molecule has 3 rings (SSSR count). The van der Waals surface area contributed by atoms with Crippen molar-refractivity contribution in [2.75, 3.05) is 0 Å². The van der Waals surface area contributed by atoms with Gasteiger partial charge in [-0.3, -0.25) is 9.36 Å². The third kappa shape index (κ3) is 2.98. The number of rotatable bonds is 3. The first-order chi connectivity index (χ1) is 10.6. The van der Waals surface area contributed by atoms with E-state index in [4.69, 9.17) is 0 Å². The highest BCUT2D eigenvalue weighted by atomic mass is 16.1. The smallest absolute Gasteiger partial charge is 0.254 e. The predicted molar refractivity (Wildman–Crippen MR) is 89.0 cm³/mol. The molecule has 3 aromatic rings. The minimum Gasteiger partial charge on any atom is -0.292 e. The predicted octanol–water partition coefficient (Wildman–Crippen LogP) is 3.58. The Labute approximate surface area is 129 Å². The van der Waals surface area contributed by atoms with Gasteiger partial charge in [-0.1, -0.05) is 60.2 Å². The minimum absolute atomic E-state index is 0.0214. The summed E-state index contributed by atoms with van der Waals surface area (Å²) < 4.78 is 1.71. The van der Waals surface area contributed by atoms with Crippen LogP contribution < -0.4 is 5.56 Å². The first kappa shape index (κ1) is 14.3. The van der Waals surface area contributed by atoms with Crippen LogP contribution >= 0.6 is 0 Å². The molecule has 3 heteroatoms. The monoisotopic (exact) mass is 290 g/mol. The zero-order valence-corrected chi connectivity index (χ0v) is 12.8. The third-order valence-corrected chi connectivity index (χ3v) is 3.73. The molecule has 0 bridgehead atoms. The highest BCUT2D eigenvalue weighted by Gasteiger charge is 2.07. The van der Waals surface area contributed by atoms with Crippen molar-refractivity contribution >= 4 is 0 Å². The summed E-state index contributed by atoms with van der Waals surface area (Å²) in [6.45, 7) is 4.48. The Morgan fingerprint density at radius 1 is 0.955 bits per heavy atom. The van der Waals surface area contributed by atoms with E-state index in [1.165, 1.54) is 5.56 Å². The summed E-state index contributed by atoms with van der Waals surface area (Å²) in [6.07, 6.45) is 0. The van der Waals surface area contributed by atoms with Crippen molar-refractivity contribution in [3.8, 4) is 11.3 Å². The molecule has 0 N–H and O–H groups in total. The molecule has 0 aliphatic rings. The summed E-state index contributed by atoms with van der Waals surface area (Å²) in [4.78, 5) is 17.0. The summed E-state index contributed by atoms with van der Waals surface area (Å²) in [6, 6.07) is 19.6. The average Bonchev–Trinajstić information content (AvgIpc) is 2.53. The second-order valence-corrected chi connectivity index (χ2v) is 5.46. The van der Waals surface area contributed by atoms with Crippen molar-refractivity contribution in [3.63, 3.8) is 0 Å². The van der Waals surface area contributed by atoms with Gasteiger partial charge in [-0.15, -0.1) is 0 Å². The number of hydrogen-bond acceptors (Lipinski definition) is 2.